The topological polar surface area (TPSA) is 70.2 Å². The van der Waals surface area contributed by atoms with Gasteiger partial charge in [0.05, 0.1) is 36.0 Å². The highest BCUT2D eigenvalue weighted by molar-refractivity contribution is 5.98. The molecule has 0 N–H and O–H groups in total. The predicted molar refractivity (Wildman–Crippen MR) is 103 cm³/mol. The average Bonchev–Trinajstić information content (AvgIpc) is 3.02. The first-order chi connectivity index (χ1) is 13.1. The zero-order valence-corrected chi connectivity index (χ0v) is 15.4. The summed E-state index contributed by atoms with van der Waals surface area (Å²) in [5.41, 5.74) is 4.06. The third kappa shape index (κ3) is 2.89. The van der Waals surface area contributed by atoms with Crippen LogP contribution >= 0.6 is 0 Å². The molecule has 0 aliphatic heterocycles. The molecule has 0 unspecified atom stereocenters. The molecule has 0 saturated carbocycles. The summed E-state index contributed by atoms with van der Waals surface area (Å²) in [5, 5.41) is 5.02. The maximum Gasteiger partial charge on any atom is 0.251 e. The SMILES string of the molecule is COc1ccc2ccc(=O)n(Cc3cccnc3)c2c1-c1c(C)noc1C. The molecule has 1 aromatic carbocycles. The lowest BCUT2D eigenvalue weighted by Gasteiger charge is -2.17. The van der Waals surface area contributed by atoms with Crippen molar-refractivity contribution in [3.05, 3.63) is 76.2 Å². The van der Waals surface area contributed by atoms with E-state index in [4.69, 9.17) is 9.26 Å². The molecule has 0 aliphatic carbocycles. The van der Waals surface area contributed by atoms with Gasteiger partial charge in [0, 0.05) is 18.5 Å². The minimum absolute atomic E-state index is 0.0902. The summed E-state index contributed by atoms with van der Waals surface area (Å²) in [6.07, 6.45) is 3.48. The molecule has 27 heavy (non-hydrogen) atoms. The molecule has 136 valence electrons. The standard InChI is InChI=1S/C21H19N3O3/c1-13-19(14(2)27-23-13)20-17(26-3)8-6-16-7-9-18(25)24(21(16)20)12-15-5-4-10-22-11-15/h4-11H,12H2,1-3H3. The molecule has 6 nitrogen and oxygen atoms in total. The molecular weight excluding hydrogens is 342 g/mol. The fourth-order valence-corrected chi connectivity index (χ4v) is 3.46. The van der Waals surface area contributed by atoms with Crippen molar-refractivity contribution in [2.45, 2.75) is 20.4 Å². The third-order valence-corrected chi connectivity index (χ3v) is 4.68. The highest BCUT2D eigenvalue weighted by atomic mass is 16.5. The van der Waals surface area contributed by atoms with Crippen LogP contribution in [0.3, 0.4) is 0 Å². The first-order valence-electron chi connectivity index (χ1n) is 8.63. The Morgan fingerprint density at radius 2 is 1.93 bits per heavy atom. The number of aromatic nitrogens is 3. The second-order valence-corrected chi connectivity index (χ2v) is 6.40. The van der Waals surface area contributed by atoms with E-state index in [0.29, 0.717) is 18.1 Å². The molecular formula is C21H19N3O3. The van der Waals surface area contributed by atoms with Crippen LogP contribution in [0.15, 0.2) is 58.1 Å². The van der Waals surface area contributed by atoms with Crippen molar-refractivity contribution in [3.63, 3.8) is 0 Å². The van der Waals surface area contributed by atoms with Crippen LogP contribution < -0.4 is 10.3 Å². The number of ether oxygens (including phenoxy) is 1. The van der Waals surface area contributed by atoms with Crippen LogP contribution in [0.2, 0.25) is 0 Å². The van der Waals surface area contributed by atoms with Crippen molar-refractivity contribution in [1.29, 1.82) is 0 Å². The van der Waals surface area contributed by atoms with E-state index in [1.165, 1.54) is 0 Å². The number of rotatable bonds is 4. The highest BCUT2D eigenvalue weighted by Gasteiger charge is 2.21. The monoisotopic (exact) mass is 361 g/mol. The van der Waals surface area contributed by atoms with Crippen LogP contribution in [-0.2, 0) is 6.54 Å². The Morgan fingerprint density at radius 3 is 2.59 bits per heavy atom. The molecule has 6 heteroatoms. The smallest absolute Gasteiger partial charge is 0.251 e. The van der Waals surface area contributed by atoms with Crippen LogP contribution in [-0.4, -0.2) is 21.8 Å². The van der Waals surface area contributed by atoms with E-state index in [-0.39, 0.29) is 5.56 Å². The Kier molecular flexibility index (Phi) is 4.24. The summed E-state index contributed by atoms with van der Waals surface area (Å²) in [5.74, 6) is 1.35. The quantitative estimate of drug-likeness (QED) is 0.554. The van der Waals surface area contributed by atoms with Gasteiger partial charge in [-0.25, -0.2) is 0 Å². The Hall–Kier alpha value is -3.41. The number of nitrogens with zero attached hydrogens (tertiary/aromatic N) is 3. The van der Waals surface area contributed by atoms with Gasteiger partial charge in [-0.05, 0) is 49.1 Å². The Morgan fingerprint density at radius 1 is 1.11 bits per heavy atom. The summed E-state index contributed by atoms with van der Waals surface area (Å²) >= 11 is 0. The fraction of sp³-hybridized carbons (Fsp3) is 0.190. The second kappa shape index (κ2) is 6.72. The molecule has 0 radical (unpaired) electrons. The molecule has 0 amide bonds. The Balaban J connectivity index is 2.09. The average molecular weight is 361 g/mol. The molecule has 0 aliphatic rings. The Bertz CT molecular complexity index is 1160. The summed E-state index contributed by atoms with van der Waals surface area (Å²) in [7, 11) is 1.62. The molecule has 4 aromatic rings. The van der Waals surface area contributed by atoms with E-state index in [9.17, 15) is 4.79 Å². The van der Waals surface area contributed by atoms with E-state index < -0.39 is 0 Å². The van der Waals surface area contributed by atoms with Crippen LogP contribution in [0.1, 0.15) is 17.0 Å². The lowest BCUT2D eigenvalue weighted by atomic mass is 9.98. The van der Waals surface area contributed by atoms with Gasteiger partial charge >= 0.3 is 0 Å². The molecule has 4 rings (SSSR count). The number of aryl methyl sites for hydroxylation is 2. The van der Waals surface area contributed by atoms with Crippen molar-refractivity contribution in [1.82, 2.24) is 14.7 Å². The van der Waals surface area contributed by atoms with Crippen molar-refractivity contribution in [2.24, 2.45) is 0 Å². The fourth-order valence-electron chi connectivity index (χ4n) is 3.46. The van der Waals surface area contributed by atoms with Crippen LogP contribution in [0.5, 0.6) is 5.75 Å². The zero-order valence-electron chi connectivity index (χ0n) is 15.4. The minimum Gasteiger partial charge on any atom is -0.496 e. The van der Waals surface area contributed by atoms with Gasteiger partial charge in [-0.1, -0.05) is 11.2 Å². The third-order valence-electron chi connectivity index (χ3n) is 4.68. The van der Waals surface area contributed by atoms with Crippen molar-refractivity contribution in [3.8, 4) is 16.9 Å². The summed E-state index contributed by atoms with van der Waals surface area (Å²) in [6, 6.07) is 11.1. The normalized spacial score (nSPS) is 11.1. The van der Waals surface area contributed by atoms with Crippen LogP contribution in [0.4, 0.5) is 0 Å². The molecule has 0 saturated heterocycles. The maximum atomic E-state index is 12.8. The lowest BCUT2D eigenvalue weighted by Crippen LogP contribution is -2.20. The van der Waals surface area contributed by atoms with Crippen molar-refractivity contribution in [2.75, 3.05) is 7.11 Å². The molecule has 0 bridgehead atoms. The van der Waals surface area contributed by atoms with E-state index in [1.54, 1.807) is 30.1 Å². The van der Waals surface area contributed by atoms with Gasteiger partial charge < -0.3 is 13.8 Å². The number of fused-ring (bicyclic) bond motifs is 1. The first kappa shape index (κ1) is 17.0. The maximum absolute atomic E-state index is 12.8. The summed E-state index contributed by atoms with van der Waals surface area (Å²) in [4.78, 5) is 17.0. The first-order valence-corrected chi connectivity index (χ1v) is 8.63. The van der Waals surface area contributed by atoms with Gasteiger partial charge in [0.2, 0.25) is 0 Å². The predicted octanol–water partition coefficient (Wildman–Crippen LogP) is 3.73. The van der Waals surface area contributed by atoms with E-state index >= 15 is 0 Å². The molecule has 0 atom stereocenters. The number of hydrogen-bond acceptors (Lipinski definition) is 5. The van der Waals surface area contributed by atoms with E-state index in [0.717, 1.165) is 33.3 Å². The summed E-state index contributed by atoms with van der Waals surface area (Å²) < 4.78 is 12.8. The van der Waals surface area contributed by atoms with E-state index in [2.05, 4.69) is 10.1 Å². The lowest BCUT2D eigenvalue weighted by molar-refractivity contribution is 0.393. The molecule has 0 fully saturated rings. The summed E-state index contributed by atoms with van der Waals surface area (Å²) in [6.45, 7) is 4.16. The zero-order chi connectivity index (χ0) is 19.0. The van der Waals surface area contributed by atoms with Crippen LogP contribution in [0, 0.1) is 13.8 Å². The number of hydrogen-bond donors (Lipinski definition) is 0. The Labute approximate surface area is 156 Å². The van der Waals surface area contributed by atoms with Crippen molar-refractivity contribution < 1.29 is 9.26 Å². The van der Waals surface area contributed by atoms with Gasteiger partial charge in [-0.3, -0.25) is 9.78 Å². The number of pyridine rings is 2. The van der Waals surface area contributed by atoms with E-state index in [1.807, 2.05) is 44.2 Å². The molecule has 3 aromatic heterocycles. The molecule has 0 spiro atoms. The highest BCUT2D eigenvalue weighted by Crippen LogP contribution is 2.39. The second-order valence-electron chi connectivity index (χ2n) is 6.40. The van der Waals surface area contributed by atoms with Gasteiger partial charge in [0.15, 0.2) is 0 Å². The number of benzene rings is 1. The van der Waals surface area contributed by atoms with Crippen molar-refractivity contribution >= 4 is 10.9 Å². The molecule has 3 heterocycles. The largest absolute Gasteiger partial charge is 0.496 e. The van der Waals surface area contributed by atoms with Gasteiger partial charge in [0.25, 0.3) is 5.56 Å². The minimum atomic E-state index is -0.0902. The number of methoxy groups -OCH3 is 1. The van der Waals surface area contributed by atoms with Crippen LogP contribution in [0.25, 0.3) is 22.0 Å². The van der Waals surface area contributed by atoms with Gasteiger partial charge in [-0.2, -0.15) is 0 Å². The van der Waals surface area contributed by atoms with Gasteiger partial charge in [0.1, 0.15) is 11.5 Å². The van der Waals surface area contributed by atoms with Gasteiger partial charge in [-0.15, -0.1) is 0 Å².